The molecule has 3 rings (SSSR count). The van der Waals surface area contributed by atoms with E-state index in [0.717, 1.165) is 11.5 Å². The third-order valence-electron chi connectivity index (χ3n) is 3.43. The summed E-state index contributed by atoms with van der Waals surface area (Å²) in [5.41, 5.74) is 0.839. The predicted molar refractivity (Wildman–Crippen MR) is 64.4 cm³/mol. The van der Waals surface area contributed by atoms with Crippen LogP contribution >= 0.6 is 0 Å². The molecule has 1 aliphatic carbocycles. The summed E-state index contributed by atoms with van der Waals surface area (Å²) in [7, 11) is 1.95. The van der Waals surface area contributed by atoms with Gasteiger partial charge in [0.05, 0.1) is 6.33 Å². The van der Waals surface area contributed by atoms with E-state index in [0.29, 0.717) is 11.7 Å². The van der Waals surface area contributed by atoms with Crippen molar-refractivity contribution in [1.82, 2.24) is 24.7 Å². The maximum atomic E-state index is 4.58. The van der Waals surface area contributed by atoms with E-state index in [9.17, 15) is 0 Å². The molecule has 0 bridgehead atoms. The van der Waals surface area contributed by atoms with Gasteiger partial charge in [-0.25, -0.2) is 9.97 Å². The van der Waals surface area contributed by atoms with Gasteiger partial charge in [0.15, 0.2) is 0 Å². The van der Waals surface area contributed by atoms with Crippen LogP contribution in [0.4, 0.5) is 0 Å². The van der Waals surface area contributed by atoms with E-state index in [-0.39, 0.29) is 0 Å². The first-order valence-corrected chi connectivity index (χ1v) is 6.23. The zero-order valence-corrected chi connectivity index (χ0v) is 10.1. The Kier molecular flexibility index (Phi) is 2.66. The molecular formula is C12H17N5. The van der Waals surface area contributed by atoms with E-state index >= 15 is 0 Å². The van der Waals surface area contributed by atoms with Crippen molar-refractivity contribution in [3.8, 4) is 11.5 Å². The van der Waals surface area contributed by atoms with E-state index in [1.165, 1.54) is 32.1 Å². The van der Waals surface area contributed by atoms with Crippen LogP contribution in [0.1, 0.15) is 43.8 Å². The lowest BCUT2D eigenvalue weighted by atomic mass is 9.89. The SMILES string of the molecule is Cn1cnc(-c2n[nH]c(C3CCCCC3)n2)c1. The number of aromatic nitrogens is 5. The Morgan fingerprint density at radius 2 is 2.12 bits per heavy atom. The normalized spacial score (nSPS) is 17.5. The van der Waals surface area contributed by atoms with Crippen LogP contribution in [0.5, 0.6) is 0 Å². The van der Waals surface area contributed by atoms with E-state index in [4.69, 9.17) is 0 Å². The highest BCUT2D eigenvalue weighted by molar-refractivity contribution is 5.46. The highest BCUT2D eigenvalue weighted by atomic mass is 15.2. The van der Waals surface area contributed by atoms with Crippen LogP contribution in [0.3, 0.4) is 0 Å². The zero-order valence-electron chi connectivity index (χ0n) is 10.1. The molecule has 0 spiro atoms. The summed E-state index contributed by atoms with van der Waals surface area (Å²) < 4.78 is 1.91. The zero-order chi connectivity index (χ0) is 11.7. The maximum Gasteiger partial charge on any atom is 0.201 e. The standard InChI is InChI=1S/C12H17N5/c1-17-7-10(13-8-17)12-14-11(15-16-12)9-5-3-2-4-6-9/h7-9H,2-6H2,1H3,(H,14,15,16). The Morgan fingerprint density at radius 1 is 1.29 bits per heavy atom. The summed E-state index contributed by atoms with van der Waals surface area (Å²) in [5.74, 6) is 2.31. The number of aryl methyl sites for hydroxylation is 1. The molecule has 17 heavy (non-hydrogen) atoms. The molecule has 1 aliphatic rings. The lowest BCUT2D eigenvalue weighted by Crippen LogP contribution is -2.06. The molecule has 90 valence electrons. The molecule has 0 unspecified atom stereocenters. The fraction of sp³-hybridized carbons (Fsp3) is 0.583. The smallest absolute Gasteiger partial charge is 0.201 e. The van der Waals surface area contributed by atoms with Crippen molar-refractivity contribution in [2.45, 2.75) is 38.0 Å². The predicted octanol–water partition coefficient (Wildman–Crippen LogP) is 2.25. The summed E-state index contributed by atoms with van der Waals surface area (Å²) in [6, 6.07) is 0. The van der Waals surface area contributed by atoms with E-state index in [2.05, 4.69) is 20.2 Å². The minimum Gasteiger partial charge on any atom is -0.340 e. The Balaban J connectivity index is 1.82. The Hall–Kier alpha value is -1.65. The Bertz CT molecular complexity index is 492. The summed E-state index contributed by atoms with van der Waals surface area (Å²) in [4.78, 5) is 8.84. The van der Waals surface area contributed by atoms with Crippen LogP contribution in [0.25, 0.3) is 11.5 Å². The van der Waals surface area contributed by atoms with Crippen molar-refractivity contribution in [2.75, 3.05) is 0 Å². The average molecular weight is 231 g/mol. The molecule has 0 atom stereocenters. The molecule has 0 aliphatic heterocycles. The fourth-order valence-corrected chi connectivity index (χ4v) is 2.48. The number of imidazole rings is 1. The summed E-state index contributed by atoms with van der Waals surface area (Å²) in [6.45, 7) is 0. The van der Waals surface area contributed by atoms with Crippen LogP contribution < -0.4 is 0 Å². The van der Waals surface area contributed by atoms with Crippen molar-refractivity contribution >= 4 is 0 Å². The summed E-state index contributed by atoms with van der Waals surface area (Å²) in [5, 5.41) is 7.34. The van der Waals surface area contributed by atoms with Gasteiger partial charge in [0.1, 0.15) is 11.5 Å². The average Bonchev–Trinajstić information content (AvgIpc) is 2.98. The molecule has 0 radical (unpaired) electrons. The maximum absolute atomic E-state index is 4.58. The van der Waals surface area contributed by atoms with Gasteiger partial charge in [0.2, 0.25) is 5.82 Å². The molecule has 0 aromatic carbocycles. The third-order valence-corrected chi connectivity index (χ3v) is 3.43. The van der Waals surface area contributed by atoms with Crippen molar-refractivity contribution in [3.05, 3.63) is 18.3 Å². The van der Waals surface area contributed by atoms with E-state index in [1.807, 2.05) is 17.8 Å². The van der Waals surface area contributed by atoms with Gasteiger partial charge in [-0.2, -0.15) is 5.10 Å². The van der Waals surface area contributed by atoms with Gasteiger partial charge in [-0.15, -0.1) is 0 Å². The number of H-pyrrole nitrogens is 1. The van der Waals surface area contributed by atoms with Crippen molar-refractivity contribution in [3.63, 3.8) is 0 Å². The molecule has 1 saturated carbocycles. The molecule has 5 heteroatoms. The highest BCUT2D eigenvalue weighted by Gasteiger charge is 2.19. The molecule has 0 amide bonds. The second kappa shape index (κ2) is 4.31. The number of aromatic amines is 1. The van der Waals surface area contributed by atoms with Gasteiger partial charge in [0, 0.05) is 19.2 Å². The Morgan fingerprint density at radius 3 is 2.82 bits per heavy atom. The molecule has 1 fully saturated rings. The summed E-state index contributed by atoms with van der Waals surface area (Å²) >= 11 is 0. The molecular weight excluding hydrogens is 214 g/mol. The van der Waals surface area contributed by atoms with Crippen LogP contribution in [0.2, 0.25) is 0 Å². The monoisotopic (exact) mass is 231 g/mol. The van der Waals surface area contributed by atoms with Gasteiger partial charge in [-0.3, -0.25) is 5.10 Å². The first-order chi connectivity index (χ1) is 8.33. The highest BCUT2D eigenvalue weighted by Crippen LogP contribution is 2.31. The van der Waals surface area contributed by atoms with Gasteiger partial charge in [-0.1, -0.05) is 19.3 Å². The summed E-state index contributed by atoms with van der Waals surface area (Å²) in [6.07, 6.45) is 10.2. The van der Waals surface area contributed by atoms with Gasteiger partial charge in [-0.05, 0) is 12.8 Å². The quantitative estimate of drug-likeness (QED) is 0.862. The Labute approximate surface area is 100 Å². The van der Waals surface area contributed by atoms with Crippen LogP contribution in [0, 0.1) is 0 Å². The number of nitrogens with one attached hydrogen (secondary N) is 1. The lowest BCUT2D eigenvalue weighted by molar-refractivity contribution is 0.429. The number of nitrogens with zero attached hydrogens (tertiary/aromatic N) is 4. The van der Waals surface area contributed by atoms with E-state index < -0.39 is 0 Å². The van der Waals surface area contributed by atoms with Crippen LogP contribution in [-0.4, -0.2) is 24.7 Å². The van der Waals surface area contributed by atoms with Crippen LogP contribution in [0.15, 0.2) is 12.5 Å². The van der Waals surface area contributed by atoms with Gasteiger partial charge in [0.25, 0.3) is 0 Å². The second-order valence-electron chi connectivity index (χ2n) is 4.80. The first kappa shape index (κ1) is 10.5. The number of rotatable bonds is 2. The fourth-order valence-electron chi connectivity index (χ4n) is 2.48. The van der Waals surface area contributed by atoms with Gasteiger partial charge >= 0.3 is 0 Å². The molecule has 2 aromatic rings. The third kappa shape index (κ3) is 2.09. The van der Waals surface area contributed by atoms with Crippen molar-refractivity contribution < 1.29 is 0 Å². The molecule has 0 saturated heterocycles. The number of hydrogen-bond acceptors (Lipinski definition) is 3. The minimum absolute atomic E-state index is 0.564. The lowest BCUT2D eigenvalue weighted by Gasteiger charge is -2.18. The first-order valence-electron chi connectivity index (χ1n) is 6.23. The van der Waals surface area contributed by atoms with Crippen molar-refractivity contribution in [1.29, 1.82) is 0 Å². The second-order valence-corrected chi connectivity index (χ2v) is 4.80. The van der Waals surface area contributed by atoms with E-state index in [1.54, 1.807) is 6.33 Å². The van der Waals surface area contributed by atoms with Crippen LogP contribution in [-0.2, 0) is 7.05 Å². The minimum atomic E-state index is 0.564. The molecule has 2 aromatic heterocycles. The molecule has 5 nitrogen and oxygen atoms in total. The molecule has 1 N–H and O–H groups in total. The van der Waals surface area contributed by atoms with Crippen molar-refractivity contribution in [2.24, 2.45) is 7.05 Å². The van der Waals surface area contributed by atoms with Gasteiger partial charge < -0.3 is 4.57 Å². The largest absolute Gasteiger partial charge is 0.340 e. The number of hydrogen-bond donors (Lipinski definition) is 1. The molecule has 2 heterocycles. The topological polar surface area (TPSA) is 59.4 Å².